The van der Waals surface area contributed by atoms with Crippen LogP contribution >= 0.6 is 23.2 Å². The molecule has 1 aromatic heterocycles. The number of hydrogen-bond acceptors (Lipinski definition) is 3. The Kier molecular flexibility index (Phi) is 3.31. The van der Waals surface area contributed by atoms with Crippen molar-refractivity contribution in [1.82, 2.24) is 4.98 Å². The van der Waals surface area contributed by atoms with Crippen molar-refractivity contribution in [3.63, 3.8) is 0 Å². The first-order chi connectivity index (χ1) is 8.11. The van der Waals surface area contributed by atoms with E-state index in [1.165, 1.54) is 0 Å². The lowest BCUT2D eigenvalue weighted by molar-refractivity contribution is 0.112. The summed E-state index contributed by atoms with van der Waals surface area (Å²) in [6.45, 7) is 0. The van der Waals surface area contributed by atoms with Gasteiger partial charge in [-0.25, -0.2) is 4.98 Å². The van der Waals surface area contributed by atoms with Gasteiger partial charge in [-0.05, 0) is 24.3 Å². The number of aldehydes is 1. The van der Waals surface area contributed by atoms with E-state index in [1.807, 2.05) is 0 Å². The molecule has 86 valence electrons. The highest BCUT2D eigenvalue weighted by Crippen LogP contribution is 2.31. The number of carbonyl (C=O) groups excluding carboxylic acids is 1. The Balaban J connectivity index is 2.60. The molecule has 1 aromatic carbocycles. The molecule has 2 aromatic rings. The second kappa shape index (κ2) is 4.73. The third-order valence-corrected chi connectivity index (χ3v) is 2.88. The number of carbonyl (C=O) groups is 1. The summed E-state index contributed by atoms with van der Waals surface area (Å²) in [5.74, 6) is 0.196. The summed E-state index contributed by atoms with van der Waals surface area (Å²) in [5, 5.41) is 1.10. The molecular weight excluding hydrogens is 259 g/mol. The Bertz CT molecular complexity index is 585. The van der Waals surface area contributed by atoms with Crippen LogP contribution in [0.1, 0.15) is 10.4 Å². The number of halogens is 2. The summed E-state index contributed by atoms with van der Waals surface area (Å²) in [4.78, 5) is 14.7. The van der Waals surface area contributed by atoms with Crippen LogP contribution in [0.15, 0.2) is 30.5 Å². The lowest BCUT2D eigenvalue weighted by Crippen LogP contribution is -1.97. The molecule has 2 rings (SSSR count). The Labute approximate surface area is 108 Å². The number of pyridine rings is 1. The molecule has 0 aliphatic carbocycles. The Morgan fingerprint density at radius 3 is 2.71 bits per heavy atom. The van der Waals surface area contributed by atoms with Crippen molar-refractivity contribution in [1.29, 1.82) is 0 Å². The summed E-state index contributed by atoms with van der Waals surface area (Å²) in [7, 11) is 0. The number of anilines is 1. The van der Waals surface area contributed by atoms with E-state index in [1.54, 1.807) is 30.5 Å². The van der Waals surface area contributed by atoms with Crippen LogP contribution in [0.2, 0.25) is 10.0 Å². The molecule has 0 aliphatic heterocycles. The summed E-state index contributed by atoms with van der Waals surface area (Å²) in [6.07, 6.45) is 2.21. The fourth-order valence-corrected chi connectivity index (χ4v) is 1.85. The van der Waals surface area contributed by atoms with Gasteiger partial charge in [-0.3, -0.25) is 4.79 Å². The van der Waals surface area contributed by atoms with Crippen LogP contribution in [0.5, 0.6) is 0 Å². The van der Waals surface area contributed by atoms with Gasteiger partial charge in [-0.15, -0.1) is 0 Å². The van der Waals surface area contributed by atoms with E-state index in [4.69, 9.17) is 28.9 Å². The van der Waals surface area contributed by atoms with E-state index in [2.05, 4.69) is 4.98 Å². The zero-order chi connectivity index (χ0) is 12.4. The Morgan fingerprint density at radius 2 is 2.00 bits per heavy atom. The van der Waals surface area contributed by atoms with Crippen LogP contribution in [0.4, 0.5) is 5.82 Å². The minimum absolute atomic E-state index is 0.196. The van der Waals surface area contributed by atoms with Crippen LogP contribution in [0.3, 0.4) is 0 Å². The highest BCUT2D eigenvalue weighted by atomic mass is 35.5. The number of nitrogen functional groups attached to an aromatic ring is 1. The molecule has 3 nitrogen and oxygen atoms in total. The summed E-state index contributed by atoms with van der Waals surface area (Å²) < 4.78 is 0. The van der Waals surface area contributed by atoms with Gasteiger partial charge in [0, 0.05) is 27.4 Å². The lowest BCUT2D eigenvalue weighted by atomic mass is 10.1. The molecule has 0 saturated heterocycles. The van der Waals surface area contributed by atoms with Crippen LogP contribution in [0, 0.1) is 0 Å². The SMILES string of the molecule is Nc1ncc(-c2cc(Cl)ccc2Cl)cc1C=O. The molecule has 0 unspecified atom stereocenters. The minimum atomic E-state index is 0.196. The molecular formula is C12H8Cl2N2O. The third kappa shape index (κ3) is 2.40. The molecule has 0 spiro atoms. The maximum Gasteiger partial charge on any atom is 0.153 e. The van der Waals surface area contributed by atoms with Crippen molar-refractivity contribution in [2.75, 3.05) is 5.73 Å². The van der Waals surface area contributed by atoms with E-state index >= 15 is 0 Å². The van der Waals surface area contributed by atoms with Gasteiger partial charge in [0.05, 0.1) is 5.56 Å². The molecule has 0 fully saturated rings. The second-order valence-corrected chi connectivity index (χ2v) is 4.28. The van der Waals surface area contributed by atoms with Crippen molar-refractivity contribution < 1.29 is 4.79 Å². The molecule has 0 saturated carbocycles. The van der Waals surface area contributed by atoms with Gasteiger partial charge in [0.2, 0.25) is 0 Å². The van der Waals surface area contributed by atoms with Crippen molar-refractivity contribution in [3.8, 4) is 11.1 Å². The fraction of sp³-hybridized carbons (Fsp3) is 0. The number of rotatable bonds is 2. The average Bonchev–Trinajstić information content (AvgIpc) is 2.33. The topological polar surface area (TPSA) is 56.0 Å². The zero-order valence-corrected chi connectivity index (χ0v) is 10.2. The molecule has 1 heterocycles. The van der Waals surface area contributed by atoms with Gasteiger partial charge in [-0.2, -0.15) is 0 Å². The van der Waals surface area contributed by atoms with Crippen molar-refractivity contribution in [3.05, 3.63) is 46.1 Å². The molecule has 2 N–H and O–H groups in total. The lowest BCUT2D eigenvalue weighted by Gasteiger charge is -2.06. The summed E-state index contributed by atoms with van der Waals surface area (Å²) >= 11 is 12.0. The van der Waals surface area contributed by atoms with Crippen molar-refractivity contribution in [2.24, 2.45) is 0 Å². The van der Waals surface area contributed by atoms with E-state index in [9.17, 15) is 4.79 Å². The van der Waals surface area contributed by atoms with Crippen molar-refractivity contribution >= 4 is 35.3 Å². The quantitative estimate of drug-likeness (QED) is 0.848. The highest BCUT2D eigenvalue weighted by molar-refractivity contribution is 6.35. The summed E-state index contributed by atoms with van der Waals surface area (Å²) in [6, 6.07) is 6.73. The highest BCUT2D eigenvalue weighted by Gasteiger charge is 2.07. The Morgan fingerprint density at radius 1 is 1.24 bits per heavy atom. The van der Waals surface area contributed by atoms with Gasteiger partial charge in [0.25, 0.3) is 0 Å². The van der Waals surface area contributed by atoms with E-state index in [-0.39, 0.29) is 5.82 Å². The third-order valence-electron chi connectivity index (χ3n) is 2.32. The van der Waals surface area contributed by atoms with Crippen LogP contribution < -0.4 is 5.73 Å². The maximum atomic E-state index is 10.8. The van der Waals surface area contributed by atoms with Gasteiger partial charge >= 0.3 is 0 Å². The smallest absolute Gasteiger partial charge is 0.153 e. The minimum Gasteiger partial charge on any atom is -0.383 e. The molecule has 17 heavy (non-hydrogen) atoms. The number of nitrogens with zero attached hydrogens (tertiary/aromatic N) is 1. The first-order valence-corrected chi connectivity index (χ1v) is 5.53. The predicted octanol–water partition coefficient (Wildman–Crippen LogP) is 3.45. The summed E-state index contributed by atoms with van der Waals surface area (Å²) in [5.41, 5.74) is 7.30. The molecule has 0 bridgehead atoms. The van der Waals surface area contributed by atoms with Crippen LogP contribution in [0.25, 0.3) is 11.1 Å². The Hall–Kier alpha value is -1.58. The predicted molar refractivity (Wildman–Crippen MR) is 69.5 cm³/mol. The second-order valence-electron chi connectivity index (χ2n) is 3.44. The molecule has 5 heteroatoms. The number of benzene rings is 1. The molecule has 0 atom stereocenters. The first kappa shape index (κ1) is 11.9. The first-order valence-electron chi connectivity index (χ1n) is 4.78. The van der Waals surface area contributed by atoms with Gasteiger partial charge in [0.1, 0.15) is 5.82 Å². The average molecular weight is 267 g/mol. The monoisotopic (exact) mass is 266 g/mol. The van der Waals surface area contributed by atoms with Gasteiger partial charge < -0.3 is 5.73 Å². The van der Waals surface area contributed by atoms with Crippen molar-refractivity contribution in [2.45, 2.75) is 0 Å². The van der Waals surface area contributed by atoms with Gasteiger partial charge in [-0.1, -0.05) is 23.2 Å². The van der Waals surface area contributed by atoms with Gasteiger partial charge in [0.15, 0.2) is 6.29 Å². The largest absolute Gasteiger partial charge is 0.383 e. The van der Waals surface area contributed by atoms with Crippen LogP contribution in [-0.2, 0) is 0 Å². The molecule has 0 radical (unpaired) electrons. The van der Waals surface area contributed by atoms with E-state index in [0.717, 1.165) is 5.56 Å². The standard InChI is InChI=1S/C12H8Cl2N2O/c13-9-1-2-11(14)10(4-9)7-3-8(6-17)12(15)16-5-7/h1-6H,(H2,15,16). The molecule has 0 amide bonds. The van der Waals surface area contributed by atoms with E-state index in [0.29, 0.717) is 27.5 Å². The number of hydrogen-bond donors (Lipinski definition) is 1. The zero-order valence-electron chi connectivity index (χ0n) is 8.65. The number of nitrogens with two attached hydrogens (primary N) is 1. The number of aromatic nitrogens is 1. The maximum absolute atomic E-state index is 10.8. The van der Waals surface area contributed by atoms with Crippen LogP contribution in [-0.4, -0.2) is 11.3 Å². The molecule has 0 aliphatic rings. The van der Waals surface area contributed by atoms with E-state index < -0.39 is 0 Å². The fourth-order valence-electron chi connectivity index (χ4n) is 1.45. The normalized spacial score (nSPS) is 10.2.